The van der Waals surface area contributed by atoms with Gasteiger partial charge in [-0.15, -0.1) is 0 Å². The summed E-state index contributed by atoms with van der Waals surface area (Å²) in [5.74, 6) is 0. The van der Waals surface area contributed by atoms with E-state index in [1.165, 1.54) is 0 Å². The monoisotopic (exact) mass is 116 g/mol. The van der Waals surface area contributed by atoms with E-state index in [4.69, 9.17) is 5.11 Å². The van der Waals surface area contributed by atoms with Gasteiger partial charge in [-0.05, 0) is 25.5 Å². The van der Waals surface area contributed by atoms with Crippen molar-refractivity contribution < 1.29 is 10.8 Å². The quantitative estimate of drug-likeness (QED) is 0.472. The SMILES string of the molecule is C/C(=C\[C@@H](C)[NH3+])CO. The van der Waals surface area contributed by atoms with Gasteiger partial charge in [0.2, 0.25) is 0 Å². The Hall–Kier alpha value is -0.340. The Morgan fingerprint density at radius 3 is 2.50 bits per heavy atom. The van der Waals surface area contributed by atoms with Gasteiger partial charge in [0.25, 0.3) is 0 Å². The van der Waals surface area contributed by atoms with Gasteiger partial charge in [0.05, 0.1) is 6.61 Å². The van der Waals surface area contributed by atoms with Gasteiger partial charge in [-0.1, -0.05) is 0 Å². The fraction of sp³-hybridized carbons (Fsp3) is 0.667. The lowest BCUT2D eigenvalue weighted by Crippen LogP contribution is -2.58. The van der Waals surface area contributed by atoms with Gasteiger partial charge in [0.1, 0.15) is 6.04 Å². The number of aliphatic hydroxyl groups is 1. The second kappa shape index (κ2) is 3.64. The molecule has 0 bridgehead atoms. The van der Waals surface area contributed by atoms with Crippen molar-refractivity contribution in [1.29, 1.82) is 0 Å². The first kappa shape index (κ1) is 7.66. The maximum Gasteiger partial charge on any atom is 0.100 e. The minimum Gasteiger partial charge on any atom is -0.392 e. The first-order valence-electron chi connectivity index (χ1n) is 2.78. The van der Waals surface area contributed by atoms with E-state index in [9.17, 15) is 0 Å². The molecule has 48 valence electrons. The summed E-state index contributed by atoms with van der Waals surface area (Å²) in [4.78, 5) is 0. The number of hydrogen-bond acceptors (Lipinski definition) is 1. The fourth-order valence-corrected chi connectivity index (χ4v) is 0.538. The predicted molar refractivity (Wildman–Crippen MR) is 33.2 cm³/mol. The van der Waals surface area contributed by atoms with Crippen LogP contribution >= 0.6 is 0 Å². The van der Waals surface area contributed by atoms with Gasteiger partial charge in [-0.25, -0.2) is 0 Å². The first-order valence-corrected chi connectivity index (χ1v) is 2.78. The molecule has 0 spiro atoms. The molecule has 0 aliphatic carbocycles. The molecule has 0 amide bonds. The van der Waals surface area contributed by atoms with E-state index in [-0.39, 0.29) is 6.61 Å². The molecule has 0 radical (unpaired) electrons. The molecule has 8 heavy (non-hydrogen) atoms. The Morgan fingerprint density at radius 1 is 1.88 bits per heavy atom. The Kier molecular flexibility index (Phi) is 3.48. The topological polar surface area (TPSA) is 47.9 Å². The van der Waals surface area contributed by atoms with Crippen LogP contribution in [0.2, 0.25) is 0 Å². The summed E-state index contributed by atoms with van der Waals surface area (Å²) in [6, 6.07) is 0.308. The smallest absolute Gasteiger partial charge is 0.100 e. The molecule has 2 heteroatoms. The van der Waals surface area contributed by atoms with Crippen LogP contribution in [0.4, 0.5) is 0 Å². The molecule has 0 unspecified atom stereocenters. The molecule has 0 rings (SSSR count). The van der Waals surface area contributed by atoms with Gasteiger partial charge in [0.15, 0.2) is 0 Å². The molecule has 1 atom stereocenters. The summed E-state index contributed by atoms with van der Waals surface area (Å²) in [7, 11) is 0. The zero-order valence-corrected chi connectivity index (χ0v) is 5.52. The van der Waals surface area contributed by atoms with Crippen LogP contribution in [0.3, 0.4) is 0 Å². The summed E-state index contributed by atoms with van der Waals surface area (Å²) >= 11 is 0. The molecule has 0 aliphatic rings. The Bertz CT molecular complexity index is 86.5. The van der Waals surface area contributed by atoms with E-state index in [1.54, 1.807) is 0 Å². The van der Waals surface area contributed by atoms with E-state index < -0.39 is 0 Å². The van der Waals surface area contributed by atoms with Crippen LogP contribution in [-0.4, -0.2) is 17.8 Å². The molecule has 0 saturated carbocycles. The summed E-state index contributed by atoms with van der Waals surface area (Å²) in [6.45, 7) is 4.03. The molecule has 0 saturated heterocycles. The molecular formula is C6H14NO+. The highest BCUT2D eigenvalue weighted by Crippen LogP contribution is 1.89. The van der Waals surface area contributed by atoms with Crippen LogP contribution in [0.1, 0.15) is 13.8 Å². The minimum atomic E-state index is 0.153. The molecule has 0 aromatic carbocycles. The van der Waals surface area contributed by atoms with E-state index in [0.717, 1.165) is 5.57 Å². The van der Waals surface area contributed by atoms with Crippen LogP contribution in [0, 0.1) is 0 Å². The molecular weight excluding hydrogens is 102 g/mol. The van der Waals surface area contributed by atoms with Crippen molar-refractivity contribution in [1.82, 2.24) is 0 Å². The average Bonchev–Trinajstić information content (AvgIpc) is 1.65. The fourth-order valence-electron chi connectivity index (χ4n) is 0.538. The molecule has 0 aromatic heterocycles. The third-order valence-corrected chi connectivity index (χ3v) is 0.818. The van der Waals surface area contributed by atoms with Crippen molar-refractivity contribution in [2.75, 3.05) is 6.61 Å². The van der Waals surface area contributed by atoms with Crippen LogP contribution in [-0.2, 0) is 0 Å². The highest BCUT2D eigenvalue weighted by atomic mass is 16.3. The van der Waals surface area contributed by atoms with E-state index in [0.29, 0.717) is 6.04 Å². The maximum absolute atomic E-state index is 8.49. The van der Waals surface area contributed by atoms with Gasteiger partial charge in [0, 0.05) is 0 Å². The molecule has 0 aromatic rings. The van der Waals surface area contributed by atoms with Crippen LogP contribution < -0.4 is 5.73 Å². The molecule has 0 heterocycles. The van der Waals surface area contributed by atoms with E-state index >= 15 is 0 Å². The predicted octanol–water partition coefficient (Wildman–Crippen LogP) is -0.445. The Balaban J connectivity index is 3.56. The first-order chi connectivity index (χ1) is 3.66. The highest BCUT2D eigenvalue weighted by Gasteiger charge is 1.90. The number of rotatable bonds is 2. The summed E-state index contributed by atoms with van der Waals surface area (Å²) in [6.07, 6.45) is 1.94. The largest absolute Gasteiger partial charge is 0.392 e. The van der Waals surface area contributed by atoms with Gasteiger partial charge >= 0.3 is 0 Å². The highest BCUT2D eigenvalue weighted by molar-refractivity contribution is 4.99. The van der Waals surface area contributed by atoms with Crippen molar-refractivity contribution in [2.24, 2.45) is 0 Å². The molecule has 4 N–H and O–H groups in total. The number of quaternary nitrogens is 1. The van der Waals surface area contributed by atoms with Crippen molar-refractivity contribution in [2.45, 2.75) is 19.9 Å². The zero-order valence-electron chi connectivity index (χ0n) is 5.52. The normalized spacial score (nSPS) is 16.2. The minimum absolute atomic E-state index is 0.153. The van der Waals surface area contributed by atoms with Gasteiger partial charge in [-0.3, -0.25) is 0 Å². The maximum atomic E-state index is 8.49. The van der Waals surface area contributed by atoms with Crippen molar-refractivity contribution in [3.05, 3.63) is 11.6 Å². The zero-order chi connectivity index (χ0) is 6.57. The van der Waals surface area contributed by atoms with E-state index in [1.807, 2.05) is 19.9 Å². The lowest BCUT2D eigenvalue weighted by Gasteiger charge is -1.94. The van der Waals surface area contributed by atoms with Gasteiger partial charge in [-0.2, -0.15) is 0 Å². The average molecular weight is 116 g/mol. The van der Waals surface area contributed by atoms with E-state index in [2.05, 4.69) is 5.73 Å². The number of hydrogen-bond donors (Lipinski definition) is 2. The van der Waals surface area contributed by atoms with Crippen LogP contribution in [0.15, 0.2) is 11.6 Å². The summed E-state index contributed by atoms with van der Waals surface area (Å²) < 4.78 is 0. The molecule has 0 fully saturated rings. The van der Waals surface area contributed by atoms with Crippen LogP contribution in [0.5, 0.6) is 0 Å². The summed E-state index contributed by atoms with van der Waals surface area (Å²) in [5.41, 5.74) is 4.73. The lowest BCUT2D eigenvalue weighted by atomic mass is 10.2. The van der Waals surface area contributed by atoms with Crippen LogP contribution in [0.25, 0.3) is 0 Å². The standard InChI is InChI=1S/C6H13NO/c1-5(4-8)3-6(2)7/h3,6,8H,4,7H2,1-2H3/p+1/b5-3+/t6-/m1/s1. The van der Waals surface area contributed by atoms with Gasteiger partial charge < -0.3 is 10.8 Å². The molecule has 2 nitrogen and oxygen atoms in total. The second-order valence-corrected chi connectivity index (χ2v) is 2.15. The molecule has 0 aliphatic heterocycles. The van der Waals surface area contributed by atoms with Crippen molar-refractivity contribution in [3.63, 3.8) is 0 Å². The third-order valence-electron chi connectivity index (χ3n) is 0.818. The summed E-state index contributed by atoms with van der Waals surface area (Å²) in [5, 5.41) is 8.49. The number of aliphatic hydroxyl groups excluding tert-OH is 1. The second-order valence-electron chi connectivity index (χ2n) is 2.15. The lowest BCUT2D eigenvalue weighted by molar-refractivity contribution is -0.397. The van der Waals surface area contributed by atoms with Crippen molar-refractivity contribution in [3.8, 4) is 0 Å². The van der Waals surface area contributed by atoms with Crippen molar-refractivity contribution >= 4 is 0 Å². The Morgan fingerprint density at radius 2 is 2.38 bits per heavy atom. The Labute approximate surface area is 50.0 Å². The third kappa shape index (κ3) is 3.84.